The summed E-state index contributed by atoms with van der Waals surface area (Å²) in [7, 11) is 3.78. The molecule has 0 aromatic heterocycles. The summed E-state index contributed by atoms with van der Waals surface area (Å²) in [5.74, 6) is -2.38. The Morgan fingerprint density at radius 2 is 1.62 bits per heavy atom. The highest BCUT2D eigenvalue weighted by Gasteiger charge is 2.22. The van der Waals surface area contributed by atoms with Crippen LogP contribution in [0.3, 0.4) is 0 Å². The van der Waals surface area contributed by atoms with E-state index < -0.39 is 23.4 Å². The highest BCUT2D eigenvalue weighted by molar-refractivity contribution is 9.15. The van der Waals surface area contributed by atoms with Gasteiger partial charge < -0.3 is 14.4 Å². The smallest absolute Gasteiger partial charge is 0.345 e. The normalized spacial score (nSPS) is 10.6. The summed E-state index contributed by atoms with van der Waals surface area (Å²) < 4.78 is 9.77. The number of carbonyl (C=O) groups is 3. The first-order chi connectivity index (χ1) is 11.4. The zero-order chi connectivity index (χ0) is 18.1. The predicted molar refractivity (Wildman–Crippen MR) is 93.1 cm³/mol. The molecule has 1 aromatic rings. The van der Waals surface area contributed by atoms with Gasteiger partial charge in [0, 0.05) is 24.2 Å². The van der Waals surface area contributed by atoms with Gasteiger partial charge in [0.1, 0.15) is 5.57 Å². The zero-order valence-corrected chi connectivity index (χ0v) is 15.2. The summed E-state index contributed by atoms with van der Waals surface area (Å²) in [5, 5.41) is 0. The fourth-order valence-electron chi connectivity index (χ4n) is 1.68. The Bertz CT molecular complexity index is 649. The van der Waals surface area contributed by atoms with Crippen LogP contribution in [0.15, 0.2) is 48.1 Å². The maximum absolute atomic E-state index is 12.1. The first kappa shape index (κ1) is 19.6. The molecule has 0 spiro atoms. The maximum atomic E-state index is 12.1. The molecule has 0 heterocycles. The Balaban J connectivity index is 2.84. The van der Waals surface area contributed by atoms with Gasteiger partial charge in [-0.15, -0.1) is 0 Å². The molecule has 24 heavy (non-hydrogen) atoms. The van der Waals surface area contributed by atoms with E-state index in [0.717, 1.165) is 30.3 Å². The molecule has 0 aliphatic carbocycles. The molecular formula is C17H18BrNO5. The number of benzene rings is 1. The highest BCUT2D eigenvalue weighted by Crippen LogP contribution is 2.20. The minimum atomic E-state index is -0.926. The fraction of sp³-hybridized carbons (Fsp3) is 0.235. The minimum absolute atomic E-state index is 0.278. The molecule has 0 saturated carbocycles. The number of hydrogen-bond acceptors (Lipinski definition) is 5. The number of likely N-dealkylation sites (N-methyl/N-ethyl adjacent to an activating group) is 1. The van der Waals surface area contributed by atoms with Crippen LogP contribution in [0.5, 0.6) is 0 Å². The van der Waals surface area contributed by atoms with Crippen molar-refractivity contribution in [2.24, 2.45) is 0 Å². The van der Waals surface area contributed by atoms with Gasteiger partial charge in [-0.05, 0) is 5.56 Å². The molecule has 1 amide bonds. The fourth-order valence-corrected chi connectivity index (χ4v) is 2.09. The number of amides is 1. The Labute approximate surface area is 148 Å². The van der Waals surface area contributed by atoms with Gasteiger partial charge in [-0.25, -0.2) is 9.59 Å². The Morgan fingerprint density at radius 1 is 1.08 bits per heavy atom. The lowest BCUT2D eigenvalue weighted by molar-refractivity contribution is -0.144. The van der Waals surface area contributed by atoms with Gasteiger partial charge in [0.15, 0.2) is 0 Å². The van der Waals surface area contributed by atoms with Crippen molar-refractivity contribution in [1.29, 1.82) is 0 Å². The van der Waals surface area contributed by atoms with E-state index in [2.05, 4.69) is 25.4 Å². The lowest BCUT2D eigenvalue weighted by Crippen LogP contribution is -2.27. The summed E-state index contributed by atoms with van der Waals surface area (Å²) in [6.45, 7) is 0.278. The summed E-state index contributed by atoms with van der Waals surface area (Å²) >= 11 is 3.44. The molecule has 0 aliphatic rings. The van der Waals surface area contributed by atoms with Crippen molar-refractivity contribution in [2.45, 2.75) is 0 Å². The number of methoxy groups -OCH3 is 2. The Hall–Kier alpha value is -2.41. The molecule has 0 unspecified atom stereocenters. The van der Waals surface area contributed by atoms with Crippen LogP contribution in [0.1, 0.15) is 5.56 Å². The number of esters is 2. The number of nitrogens with zero attached hydrogens (tertiary/aromatic N) is 1. The Morgan fingerprint density at radius 3 is 2.12 bits per heavy atom. The van der Waals surface area contributed by atoms with Gasteiger partial charge in [0.2, 0.25) is 5.91 Å². The van der Waals surface area contributed by atoms with Crippen molar-refractivity contribution in [1.82, 2.24) is 4.90 Å². The van der Waals surface area contributed by atoms with E-state index in [0.29, 0.717) is 0 Å². The molecule has 128 valence electrons. The Kier molecular flexibility index (Phi) is 7.91. The summed E-state index contributed by atoms with van der Waals surface area (Å²) in [6.07, 6.45) is 2.71. The molecule has 0 fully saturated rings. The molecule has 0 saturated heterocycles. The average Bonchev–Trinajstić information content (AvgIpc) is 2.62. The van der Waals surface area contributed by atoms with Crippen LogP contribution >= 0.6 is 15.9 Å². The highest BCUT2D eigenvalue weighted by atomic mass is 79.9. The van der Waals surface area contributed by atoms with Crippen LogP contribution in [-0.4, -0.2) is 50.6 Å². The van der Waals surface area contributed by atoms with Gasteiger partial charge in [-0.3, -0.25) is 4.79 Å². The second-order valence-electron chi connectivity index (χ2n) is 4.68. The summed E-state index contributed by atoms with van der Waals surface area (Å²) in [4.78, 5) is 36.6. The van der Waals surface area contributed by atoms with E-state index in [9.17, 15) is 14.4 Å². The third kappa shape index (κ3) is 5.66. The van der Waals surface area contributed by atoms with Gasteiger partial charge >= 0.3 is 11.9 Å². The summed E-state index contributed by atoms with van der Waals surface area (Å²) in [6, 6.07) is 9.57. The van der Waals surface area contributed by atoms with Crippen LogP contribution in [0.2, 0.25) is 0 Å². The predicted octanol–water partition coefficient (Wildman–Crippen LogP) is 2.15. The average molecular weight is 396 g/mol. The van der Waals surface area contributed by atoms with E-state index in [1.165, 1.54) is 4.90 Å². The molecule has 0 radical (unpaired) electrons. The van der Waals surface area contributed by atoms with Gasteiger partial charge in [-0.1, -0.05) is 52.3 Å². The first-order valence-corrected chi connectivity index (χ1v) is 7.74. The standard InChI is InChI=1S/C17H18BrNO5/c1-19(10-9-14(18)12-7-5-4-6-8-12)15(20)11-13(16(21)23-2)17(22)24-3/h4-9,11H,10H2,1-3H3/b14-9+. The van der Waals surface area contributed by atoms with Crippen molar-refractivity contribution in [3.05, 3.63) is 53.6 Å². The topological polar surface area (TPSA) is 72.9 Å². The first-order valence-electron chi connectivity index (χ1n) is 6.95. The largest absolute Gasteiger partial charge is 0.465 e. The molecule has 0 atom stereocenters. The van der Waals surface area contributed by atoms with Crippen molar-refractivity contribution in [2.75, 3.05) is 27.8 Å². The lowest BCUT2D eigenvalue weighted by Gasteiger charge is -2.13. The molecule has 0 aliphatic heterocycles. The zero-order valence-electron chi connectivity index (χ0n) is 13.6. The molecule has 1 rings (SSSR count). The second-order valence-corrected chi connectivity index (χ2v) is 5.53. The van der Waals surface area contributed by atoms with Crippen LogP contribution in [0.4, 0.5) is 0 Å². The number of ether oxygens (including phenoxy) is 2. The van der Waals surface area contributed by atoms with E-state index in [4.69, 9.17) is 0 Å². The summed E-state index contributed by atoms with van der Waals surface area (Å²) in [5.41, 5.74) is 0.515. The van der Waals surface area contributed by atoms with Crippen molar-refractivity contribution in [3.63, 3.8) is 0 Å². The second kappa shape index (κ2) is 9.67. The van der Waals surface area contributed by atoms with Gasteiger partial charge in [0.05, 0.1) is 14.2 Å². The van der Waals surface area contributed by atoms with Gasteiger partial charge in [0.25, 0.3) is 0 Å². The molecule has 0 N–H and O–H groups in total. The molecule has 1 aromatic carbocycles. The molecule has 6 nitrogen and oxygen atoms in total. The van der Waals surface area contributed by atoms with Gasteiger partial charge in [-0.2, -0.15) is 0 Å². The monoisotopic (exact) mass is 395 g/mol. The molecule has 0 bridgehead atoms. The van der Waals surface area contributed by atoms with Crippen LogP contribution in [0, 0.1) is 0 Å². The van der Waals surface area contributed by atoms with Crippen molar-refractivity contribution in [3.8, 4) is 0 Å². The SMILES string of the molecule is COC(=O)C(=CC(=O)N(C)C/C=C(/Br)c1ccccc1)C(=O)OC. The van der Waals surface area contributed by atoms with Crippen molar-refractivity contribution >= 4 is 38.3 Å². The quantitative estimate of drug-likeness (QED) is 0.319. The number of hydrogen-bond donors (Lipinski definition) is 0. The van der Waals surface area contributed by atoms with E-state index in [-0.39, 0.29) is 6.54 Å². The third-order valence-corrected chi connectivity index (χ3v) is 3.83. The minimum Gasteiger partial charge on any atom is -0.465 e. The lowest BCUT2D eigenvalue weighted by atomic mass is 10.2. The van der Waals surface area contributed by atoms with Crippen LogP contribution in [0.25, 0.3) is 4.48 Å². The number of carbonyl (C=O) groups excluding carboxylic acids is 3. The van der Waals surface area contributed by atoms with E-state index in [1.807, 2.05) is 30.3 Å². The maximum Gasteiger partial charge on any atom is 0.345 e. The number of rotatable bonds is 6. The molecular weight excluding hydrogens is 378 g/mol. The van der Waals surface area contributed by atoms with E-state index >= 15 is 0 Å². The van der Waals surface area contributed by atoms with Crippen molar-refractivity contribution < 1.29 is 23.9 Å². The number of halogens is 1. The molecule has 7 heteroatoms. The third-order valence-electron chi connectivity index (χ3n) is 3.05. The van der Waals surface area contributed by atoms with E-state index in [1.54, 1.807) is 13.1 Å². The van der Waals surface area contributed by atoms with Crippen LogP contribution < -0.4 is 0 Å². The van der Waals surface area contributed by atoms with Crippen LogP contribution in [-0.2, 0) is 23.9 Å².